The second kappa shape index (κ2) is 8.14. The van der Waals surface area contributed by atoms with Gasteiger partial charge in [0.1, 0.15) is 0 Å². The zero-order valence-electron chi connectivity index (χ0n) is 12.0. The van der Waals surface area contributed by atoms with Crippen LogP contribution in [-0.2, 0) is 4.79 Å². The van der Waals surface area contributed by atoms with E-state index in [9.17, 15) is 4.79 Å². The average Bonchev–Trinajstić information content (AvgIpc) is 2.72. The lowest BCUT2D eigenvalue weighted by atomic mass is 9.95. The van der Waals surface area contributed by atoms with Gasteiger partial charge in [0.05, 0.1) is 0 Å². The zero-order valence-corrected chi connectivity index (χ0v) is 12.8. The van der Waals surface area contributed by atoms with Crippen LogP contribution in [0.1, 0.15) is 64.2 Å². The number of hydrogen-bond acceptors (Lipinski definition) is 1. The Balaban J connectivity index is 1.66. The van der Waals surface area contributed by atoms with Crippen LogP contribution in [0.3, 0.4) is 0 Å². The maximum atomic E-state index is 12.0. The van der Waals surface area contributed by atoms with Gasteiger partial charge in [-0.3, -0.25) is 4.79 Å². The summed E-state index contributed by atoms with van der Waals surface area (Å²) in [5.41, 5.74) is 0. The standard InChI is InChI=1S/C16H28ClNO/c17-11-14-8-5-9-15(14)12-18-16(19)10-13-6-3-1-2-4-7-13/h13-15H,1-12H2,(H,18,19). The number of carbonyl (C=O) groups excluding carboxylic acids is 1. The Morgan fingerprint density at radius 1 is 0.947 bits per heavy atom. The molecule has 2 atom stereocenters. The van der Waals surface area contributed by atoms with Crippen molar-refractivity contribution in [3.63, 3.8) is 0 Å². The number of rotatable bonds is 5. The molecule has 110 valence electrons. The summed E-state index contributed by atoms with van der Waals surface area (Å²) in [4.78, 5) is 12.0. The van der Waals surface area contributed by atoms with Crippen LogP contribution >= 0.6 is 11.6 Å². The van der Waals surface area contributed by atoms with Crippen molar-refractivity contribution >= 4 is 17.5 Å². The topological polar surface area (TPSA) is 29.1 Å². The number of nitrogens with one attached hydrogen (secondary N) is 1. The van der Waals surface area contributed by atoms with Gasteiger partial charge in [-0.2, -0.15) is 0 Å². The smallest absolute Gasteiger partial charge is 0.220 e. The van der Waals surface area contributed by atoms with Gasteiger partial charge in [-0.1, -0.05) is 32.1 Å². The second-order valence-electron chi connectivity index (χ2n) is 6.47. The van der Waals surface area contributed by atoms with E-state index in [1.165, 1.54) is 57.8 Å². The highest BCUT2D eigenvalue weighted by Crippen LogP contribution is 2.32. The van der Waals surface area contributed by atoms with Crippen LogP contribution in [0, 0.1) is 17.8 Å². The van der Waals surface area contributed by atoms with Gasteiger partial charge in [0.15, 0.2) is 0 Å². The molecule has 0 aromatic carbocycles. The van der Waals surface area contributed by atoms with E-state index in [2.05, 4.69) is 5.32 Å². The lowest BCUT2D eigenvalue weighted by molar-refractivity contribution is -0.122. The Bertz CT molecular complexity index is 274. The zero-order chi connectivity index (χ0) is 13.5. The summed E-state index contributed by atoms with van der Waals surface area (Å²) in [5.74, 6) is 2.90. The van der Waals surface area contributed by atoms with E-state index in [1.807, 2.05) is 0 Å². The molecule has 2 unspecified atom stereocenters. The molecule has 0 heterocycles. The molecule has 0 spiro atoms. The summed E-state index contributed by atoms with van der Waals surface area (Å²) in [7, 11) is 0. The van der Waals surface area contributed by atoms with Crippen molar-refractivity contribution < 1.29 is 4.79 Å². The summed E-state index contributed by atoms with van der Waals surface area (Å²) in [5, 5.41) is 3.16. The first kappa shape index (κ1) is 15.2. The van der Waals surface area contributed by atoms with Crippen molar-refractivity contribution in [3.8, 4) is 0 Å². The molecule has 0 saturated heterocycles. The monoisotopic (exact) mass is 285 g/mol. The van der Waals surface area contributed by atoms with Gasteiger partial charge >= 0.3 is 0 Å². The van der Waals surface area contributed by atoms with Crippen LogP contribution in [0.5, 0.6) is 0 Å². The summed E-state index contributed by atoms with van der Waals surface area (Å²) in [6.45, 7) is 0.850. The van der Waals surface area contributed by atoms with Crippen molar-refractivity contribution in [2.45, 2.75) is 64.2 Å². The number of alkyl halides is 1. The lowest BCUT2D eigenvalue weighted by Crippen LogP contribution is -2.32. The fourth-order valence-electron chi connectivity index (χ4n) is 3.73. The lowest BCUT2D eigenvalue weighted by Gasteiger charge is -2.19. The van der Waals surface area contributed by atoms with Crippen molar-refractivity contribution in [3.05, 3.63) is 0 Å². The molecular formula is C16H28ClNO. The third-order valence-electron chi connectivity index (χ3n) is 5.02. The number of hydrogen-bond donors (Lipinski definition) is 1. The normalized spacial score (nSPS) is 29.1. The van der Waals surface area contributed by atoms with Crippen LogP contribution in [0.2, 0.25) is 0 Å². The maximum absolute atomic E-state index is 12.0. The quantitative estimate of drug-likeness (QED) is 0.597. The molecule has 1 amide bonds. The molecule has 2 fully saturated rings. The van der Waals surface area contributed by atoms with E-state index in [0.717, 1.165) is 18.8 Å². The van der Waals surface area contributed by atoms with E-state index in [0.29, 0.717) is 17.8 Å². The van der Waals surface area contributed by atoms with Gasteiger partial charge in [0.25, 0.3) is 0 Å². The average molecular weight is 286 g/mol. The Hall–Kier alpha value is -0.240. The Morgan fingerprint density at radius 2 is 1.63 bits per heavy atom. The van der Waals surface area contributed by atoms with E-state index in [-0.39, 0.29) is 5.91 Å². The minimum atomic E-state index is 0.270. The molecular weight excluding hydrogens is 258 g/mol. The van der Waals surface area contributed by atoms with Gasteiger partial charge in [-0.05, 0) is 43.4 Å². The summed E-state index contributed by atoms with van der Waals surface area (Å²) < 4.78 is 0. The van der Waals surface area contributed by atoms with Gasteiger partial charge < -0.3 is 5.32 Å². The first-order valence-electron chi connectivity index (χ1n) is 8.12. The summed E-state index contributed by atoms with van der Waals surface area (Å²) in [6.07, 6.45) is 12.4. The van der Waals surface area contributed by atoms with Crippen LogP contribution in [0.4, 0.5) is 0 Å². The molecule has 0 bridgehead atoms. The second-order valence-corrected chi connectivity index (χ2v) is 6.78. The molecule has 2 aliphatic carbocycles. The predicted octanol–water partition coefficient (Wildman–Crippen LogP) is 4.12. The highest BCUT2D eigenvalue weighted by molar-refractivity contribution is 6.18. The molecule has 0 aromatic rings. The molecule has 1 N–H and O–H groups in total. The molecule has 2 aliphatic rings. The van der Waals surface area contributed by atoms with Crippen molar-refractivity contribution in [2.24, 2.45) is 17.8 Å². The third-order valence-corrected chi connectivity index (χ3v) is 5.42. The van der Waals surface area contributed by atoms with Crippen LogP contribution in [0.25, 0.3) is 0 Å². The van der Waals surface area contributed by atoms with Crippen LogP contribution in [0.15, 0.2) is 0 Å². The first-order chi connectivity index (χ1) is 9.29. The van der Waals surface area contributed by atoms with Gasteiger partial charge in [0.2, 0.25) is 5.91 Å². The SMILES string of the molecule is O=C(CC1CCCCCC1)NCC1CCCC1CCl. The molecule has 2 rings (SSSR count). The fourth-order valence-corrected chi connectivity index (χ4v) is 4.14. The summed E-state index contributed by atoms with van der Waals surface area (Å²) >= 11 is 5.98. The van der Waals surface area contributed by atoms with Crippen molar-refractivity contribution in [1.29, 1.82) is 0 Å². The van der Waals surface area contributed by atoms with E-state index < -0.39 is 0 Å². The van der Waals surface area contributed by atoms with Crippen LogP contribution < -0.4 is 5.32 Å². The molecule has 0 radical (unpaired) electrons. The Morgan fingerprint density at radius 3 is 2.32 bits per heavy atom. The number of amides is 1. The van der Waals surface area contributed by atoms with Gasteiger partial charge in [-0.15, -0.1) is 11.6 Å². The Labute approximate surface area is 122 Å². The van der Waals surface area contributed by atoms with Crippen molar-refractivity contribution in [2.75, 3.05) is 12.4 Å². The molecule has 3 heteroatoms. The number of halogens is 1. The minimum Gasteiger partial charge on any atom is -0.356 e. The molecule has 0 aliphatic heterocycles. The van der Waals surface area contributed by atoms with Crippen LogP contribution in [-0.4, -0.2) is 18.3 Å². The fraction of sp³-hybridized carbons (Fsp3) is 0.938. The highest BCUT2D eigenvalue weighted by Gasteiger charge is 2.26. The molecule has 2 nitrogen and oxygen atoms in total. The maximum Gasteiger partial charge on any atom is 0.220 e. The third kappa shape index (κ3) is 4.98. The van der Waals surface area contributed by atoms with Crippen molar-refractivity contribution in [1.82, 2.24) is 5.32 Å². The van der Waals surface area contributed by atoms with E-state index >= 15 is 0 Å². The minimum absolute atomic E-state index is 0.270. The molecule has 2 saturated carbocycles. The summed E-state index contributed by atoms with van der Waals surface area (Å²) in [6, 6.07) is 0. The molecule has 19 heavy (non-hydrogen) atoms. The highest BCUT2D eigenvalue weighted by atomic mass is 35.5. The van der Waals surface area contributed by atoms with Gasteiger partial charge in [-0.25, -0.2) is 0 Å². The van der Waals surface area contributed by atoms with E-state index in [4.69, 9.17) is 11.6 Å². The predicted molar refractivity (Wildman–Crippen MR) is 80.4 cm³/mol. The largest absolute Gasteiger partial charge is 0.356 e. The Kier molecular flexibility index (Phi) is 6.49. The molecule has 0 aromatic heterocycles. The number of carbonyl (C=O) groups is 1. The van der Waals surface area contributed by atoms with Gasteiger partial charge in [0, 0.05) is 18.8 Å². The van der Waals surface area contributed by atoms with E-state index in [1.54, 1.807) is 0 Å². The first-order valence-corrected chi connectivity index (χ1v) is 8.65.